The first-order valence-electron chi connectivity index (χ1n) is 8.74. The highest BCUT2D eigenvalue weighted by molar-refractivity contribution is 6.30. The number of nitrogens with zero attached hydrogens (tertiary/aromatic N) is 3. The molecule has 0 aliphatic carbocycles. The molecule has 5 nitrogen and oxygen atoms in total. The Labute approximate surface area is 167 Å². The molecule has 0 saturated carbocycles. The number of para-hydroxylation sites is 1. The molecule has 0 fully saturated rings. The van der Waals surface area contributed by atoms with E-state index in [4.69, 9.17) is 22.4 Å². The molecule has 0 aliphatic rings. The van der Waals surface area contributed by atoms with Gasteiger partial charge in [0.05, 0.1) is 11.9 Å². The summed E-state index contributed by atoms with van der Waals surface area (Å²) in [6.07, 6.45) is 1.11. The Morgan fingerprint density at radius 3 is 2.46 bits per heavy atom. The monoisotopic (exact) mass is 387 g/mol. The Balaban J connectivity index is 1.84. The van der Waals surface area contributed by atoms with Gasteiger partial charge in [-0.1, -0.05) is 48.0 Å². The standard InChI is InChI=1S/C22H18ClN5/c1-27(18-6-4-5-16(13-18)15-9-11-17(23)12-10-15)21-19-7-2-3-8-20(19)28(14-24)22(25)26-21/h2-14,24-25H,1H3. The van der Waals surface area contributed by atoms with E-state index in [0.29, 0.717) is 10.8 Å². The number of hydrogen-bond donors (Lipinski definition) is 2. The highest BCUT2D eigenvalue weighted by atomic mass is 35.5. The van der Waals surface area contributed by atoms with Gasteiger partial charge in [0, 0.05) is 23.1 Å². The van der Waals surface area contributed by atoms with E-state index in [1.54, 1.807) is 0 Å². The van der Waals surface area contributed by atoms with Crippen molar-refractivity contribution >= 4 is 40.3 Å². The predicted octanol–water partition coefficient (Wildman–Crippen LogP) is 5.06. The summed E-state index contributed by atoms with van der Waals surface area (Å²) in [6.45, 7) is 0. The summed E-state index contributed by atoms with van der Waals surface area (Å²) in [5, 5.41) is 17.4. The van der Waals surface area contributed by atoms with Crippen molar-refractivity contribution in [2.45, 2.75) is 0 Å². The molecule has 28 heavy (non-hydrogen) atoms. The first kappa shape index (κ1) is 17.9. The van der Waals surface area contributed by atoms with Crippen LogP contribution in [0.15, 0.2) is 72.8 Å². The number of hydrogen-bond acceptors (Lipinski definition) is 4. The van der Waals surface area contributed by atoms with E-state index in [0.717, 1.165) is 34.1 Å². The maximum absolute atomic E-state index is 8.21. The first-order valence-corrected chi connectivity index (χ1v) is 9.12. The van der Waals surface area contributed by atoms with E-state index in [9.17, 15) is 0 Å². The highest BCUT2D eigenvalue weighted by Gasteiger charge is 2.13. The van der Waals surface area contributed by atoms with Gasteiger partial charge in [-0.3, -0.25) is 15.4 Å². The average Bonchev–Trinajstić information content (AvgIpc) is 2.73. The van der Waals surface area contributed by atoms with Crippen LogP contribution in [-0.2, 0) is 0 Å². The van der Waals surface area contributed by atoms with E-state index in [1.807, 2.05) is 72.6 Å². The molecule has 138 valence electrons. The molecule has 0 saturated heterocycles. The average molecular weight is 388 g/mol. The SMILES string of the molecule is CN(c1cccc(-c2ccc(Cl)cc2)c1)c1nc(=N)n(C=N)c2ccccc12. The minimum absolute atomic E-state index is 0.0180. The van der Waals surface area contributed by atoms with Crippen LogP contribution in [0.25, 0.3) is 22.0 Å². The molecule has 0 radical (unpaired) electrons. The number of aromatic nitrogens is 2. The summed E-state index contributed by atoms with van der Waals surface area (Å²) < 4.78 is 1.46. The second-order valence-electron chi connectivity index (χ2n) is 6.39. The summed E-state index contributed by atoms with van der Waals surface area (Å²) in [4.78, 5) is 6.42. The van der Waals surface area contributed by atoms with Crippen LogP contribution < -0.4 is 10.5 Å². The van der Waals surface area contributed by atoms with E-state index in [1.165, 1.54) is 4.57 Å². The lowest BCUT2D eigenvalue weighted by atomic mass is 10.0. The molecule has 6 heteroatoms. The molecule has 2 N–H and O–H groups in total. The van der Waals surface area contributed by atoms with Gasteiger partial charge in [0.1, 0.15) is 5.82 Å². The Bertz CT molecular complexity index is 1230. The third-order valence-electron chi connectivity index (χ3n) is 4.70. The summed E-state index contributed by atoms with van der Waals surface area (Å²) in [7, 11) is 1.93. The molecular weight excluding hydrogens is 370 g/mol. The third kappa shape index (κ3) is 3.17. The number of fused-ring (bicyclic) bond motifs is 1. The summed E-state index contributed by atoms with van der Waals surface area (Å²) in [6, 6.07) is 23.6. The fraction of sp³-hybridized carbons (Fsp3) is 0.0455. The van der Waals surface area contributed by atoms with Crippen molar-refractivity contribution in [3.63, 3.8) is 0 Å². The smallest absolute Gasteiger partial charge is 0.229 e. The van der Waals surface area contributed by atoms with Gasteiger partial charge in [-0.25, -0.2) is 0 Å². The van der Waals surface area contributed by atoms with Crippen molar-refractivity contribution in [2.24, 2.45) is 0 Å². The number of benzene rings is 3. The lowest BCUT2D eigenvalue weighted by molar-refractivity contribution is 0.915. The van der Waals surface area contributed by atoms with Crippen molar-refractivity contribution in [2.75, 3.05) is 11.9 Å². The lowest BCUT2D eigenvalue weighted by Gasteiger charge is -2.21. The molecule has 1 aromatic heterocycles. The molecule has 4 aromatic rings. The number of anilines is 2. The number of halogens is 1. The Morgan fingerprint density at radius 2 is 1.71 bits per heavy atom. The zero-order valence-electron chi connectivity index (χ0n) is 15.2. The van der Waals surface area contributed by atoms with E-state index in [2.05, 4.69) is 17.1 Å². The molecule has 0 aliphatic heterocycles. The van der Waals surface area contributed by atoms with Crippen LogP contribution in [-0.4, -0.2) is 22.9 Å². The van der Waals surface area contributed by atoms with Crippen molar-refractivity contribution < 1.29 is 0 Å². The van der Waals surface area contributed by atoms with Crippen LogP contribution in [0.4, 0.5) is 11.5 Å². The molecule has 0 spiro atoms. The zero-order valence-corrected chi connectivity index (χ0v) is 16.0. The maximum atomic E-state index is 8.21. The van der Waals surface area contributed by atoms with Crippen LogP contribution in [0.2, 0.25) is 5.02 Å². The second-order valence-corrected chi connectivity index (χ2v) is 6.83. The molecule has 4 rings (SSSR count). The fourth-order valence-corrected chi connectivity index (χ4v) is 3.37. The summed E-state index contributed by atoms with van der Waals surface area (Å²) in [5.74, 6) is 0.673. The van der Waals surface area contributed by atoms with Gasteiger partial charge in [-0.15, -0.1) is 0 Å². The van der Waals surface area contributed by atoms with Gasteiger partial charge < -0.3 is 4.90 Å². The minimum Gasteiger partial charge on any atom is -0.329 e. The van der Waals surface area contributed by atoms with Gasteiger partial charge in [-0.05, 0) is 47.5 Å². The Kier molecular flexibility index (Phi) is 4.67. The number of nitrogens with one attached hydrogen (secondary N) is 2. The highest BCUT2D eigenvalue weighted by Crippen LogP contribution is 2.31. The van der Waals surface area contributed by atoms with Gasteiger partial charge in [-0.2, -0.15) is 4.98 Å². The largest absolute Gasteiger partial charge is 0.329 e. The molecular formula is C22H18ClN5. The van der Waals surface area contributed by atoms with Crippen LogP contribution in [0.1, 0.15) is 0 Å². The molecule has 0 amide bonds. The van der Waals surface area contributed by atoms with E-state index >= 15 is 0 Å². The summed E-state index contributed by atoms with van der Waals surface area (Å²) >= 11 is 6.00. The zero-order chi connectivity index (χ0) is 19.7. The molecule has 0 atom stereocenters. The maximum Gasteiger partial charge on any atom is 0.229 e. The van der Waals surface area contributed by atoms with E-state index in [-0.39, 0.29) is 5.62 Å². The minimum atomic E-state index is 0.0180. The first-order chi connectivity index (χ1) is 13.6. The normalized spacial score (nSPS) is 10.8. The van der Waals surface area contributed by atoms with Crippen LogP contribution in [0.5, 0.6) is 0 Å². The molecule has 3 aromatic carbocycles. The summed E-state index contributed by atoms with van der Waals surface area (Å²) in [5.41, 5.74) is 3.89. The van der Waals surface area contributed by atoms with Gasteiger partial charge in [0.2, 0.25) is 5.62 Å². The van der Waals surface area contributed by atoms with Crippen LogP contribution in [0.3, 0.4) is 0 Å². The van der Waals surface area contributed by atoms with Gasteiger partial charge >= 0.3 is 0 Å². The third-order valence-corrected chi connectivity index (χ3v) is 4.95. The molecule has 0 bridgehead atoms. The van der Waals surface area contributed by atoms with Crippen molar-refractivity contribution in [1.82, 2.24) is 9.55 Å². The molecule has 0 unspecified atom stereocenters. The van der Waals surface area contributed by atoms with Crippen LogP contribution in [0, 0.1) is 10.8 Å². The van der Waals surface area contributed by atoms with Crippen LogP contribution >= 0.6 is 11.6 Å². The number of rotatable bonds is 4. The van der Waals surface area contributed by atoms with Crippen molar-refractivity contribution in [3.05, 3.63) is 83.4 Å². The fourth-order valence-electron chi connectivity index (χ4n) is 3.25. The molecule has 1 heterocycles. The second kappa shape index (κ2) is 7.29. The van der Waals surface area contributed by atoms with Gasteiger partial charge in [0.15, 0.2) is 0 Å². The van der Waals surface area contributed by atoms with Gasteiger partial charge in [0.25, 0.3) is 0 Å². The van der Waals surface area contributed by atoms with Crippen molar-refractivity contribution in [3.8, 4) is 11.1 Å². The topological polar surface area (TPSA) is 68.8 Å². The lowest BCUT2D eigenvalue weighted by Crippen LogP contribution is -2.26. The predicted molar refractivity (Wildman–Crippen MR) is 115 cm³/mol. The quantitative estimate of drug-likeness (QED) is 0.379. The Morgan fingerprint density at radius 1 is 0.964 bits per heavy atom. The van der Waals surface area contributed by atoms with Crippen molar-refractivity contribution in [1.29, 1.82) is 10.8 Å². The van der Waals surface area contributed by atoms with E-state index < -0.39 is 0 Å². The Hall–Kier alpha value is -3.44.